The summed E-state index contributed by atoms with van der Waals surface area (Å²) in [7, 11) is 0. The van der Waals surface area contributed by atoms with Gasteiger partial charge >= 0.3 is 12.3 Å². The van der Waals surface area contributed by atoms with Crippen molar-refractivity contribution in [3.05, 3.63) is 88.4 Å². The van der Waals surface area contributed by atoms with Gasteiger partial charge < -0.3 is 14.6 Å². The lowest BCUT2D eigenvalue weighted by Gasteiger charge is -2.25. The lowest BCUT2D eigenvalue weighted by molar-refractivity contribution is -0.224. The minimum atomic E-state index is -4.84. The molecule has 1 atom stereocenters. The van der Waals surface area contributed by atoms with E-state index in [-0.39, 0.29) is 40.0 Å². The quantitative estimate of drug-likeness (QED) is 0.371. The number of nitrogens with zero attached hydrogens (tertiary/aromatic N) is 1. The van der Waals surface area contributed by atoms with Crippen molar-refractivity contribution in [2.75, 3.05) is 13.2 Å². The van der Waals surface area contributed by atoms with Crippen molar-refractivity contribution in [3.8, 4) is 17.2 Å². The molecule has 0 saturated heterocycles. The molecule has 1 N–H and O–H groups in total. The second kappa shape index (κ2) is 10.5. The highest BCUT2D eigenvalue weighted by molar-refractivity contribution is 6.32. The number of hydrogen-bond acceptors (Lipinski definition) is 4. The van der Waals surface area contributed by atoms with Gasteiger partial charge in [-0.05, 0) is 48.7 Å². The Morgan fingerprint density at radius 2 is 1.78 bits per heavy atom. The van der Waals surface area contributed by atoms with Crippen molar-refractivity contribution in [2.24, 2.45) is 0 Å². The maximum absolute atomic E-state index is 13.6. The average molecular weight is 520 g/mol. The molecule has 0 radical (unpaired) electrons. The first-order valence-electron chi connectivity index (χ1n) is 11.0. The third-order valence-electron chi connectivity index (χ3n) is 5.75. The molecule has 3 aromatic rings. The summed E-state index contributed by atoms with van der Waals surface area (Å²) >= 11 is 6.28. The smallest absolute Gasteiger partial charge is 0.487 e. The van der Waals surface area contributed by atoms with E-state index in [1.807, 2.05) is 0 Å². The van der Waals surface area contributed by atoms with E-state index < -0.39 is 30.6 Å². The average Bonchev–Trinajstić information content (AvgIpc) is 2.84. The summed E-state index contributed by atoms with van der Waals surface area (Å²) in [6.45, 7) is -0.297. The molecule has 0 aromatic heterocycles. The number of rotatable bonds is 7. The summed E-state index contributed by atoms with van der Waals surface area (Å²) in [5.74, 6) is -2.17. The van der Waals surface area contributed by atoms with Crippen LogP contribution in [0, 0.1) is 0 Å². The maximum atomic E-state index is 13.6. The van der Waals surface area contributed by atoms with Crippen molar-refractivity contribution in [3.63, 3.8) is 0 Å². The van der Waals surface area contributed by atoms with Crippen LogP contribution in [0.5, 0.6) is 17.2 Å². The van der Waals surface area contributed by atoms with Gasteiger partial charge in [-0.25, -0.2) is 4.90 Å². The van der Waals surface area contributed by atoms with E-state index in [2.05, 4.69) is 0 Å². The van der Waals surface area contributed by atoms with E-state index in [0.717, 1.165) is 0 Å². The molecule has 1 aliphatic heterocycles. The molecule has 1 amide bonds. The van der Waals surface area contributed by atoms with Crippen LogP contribution in [-0.2, 0) is 11.2 Å². The summed E-state index contributed by atoms with van der Waals surface area (Å²) in [6.07, 6.45) is -4.48. The monoisotopic (exact) mass is 519 g/mol. The number of carboxylic acid groups (broad SMARTS) is 1. The highest BCUT2D eigenvalue weighted by Gasteiger charge is 2.41. The van der Waals surface area contributed by atoms with Crippen LogP contribution < -0.4 is 9.47 Å². The Bertz CT molecular complexity index is 1250. The molecule has 4 rings (SSSR count). The second-order valence-electron chi connectivity index (χ2n) is 8.14. The highest BCUT2D eigenvalue weighted by Crippen LogP contribution is 2.42. The molecule has 0 spiro atoms. The zero-order chi connectivity index (χ0) is 25.9. The first-order valence-corrected chi connectivity index (χ1v) is 11.4. The van der Waals surface area contributed by atoms with Crippen LogP contribution in [0.15, 0.2) is 66.7 Å². The van der Waals surface area contributed by atoms with Gasteiger partial charge in [0.05, 0.1) is 17.5 Å². The van der Waals surface area contributed by atoms with Crippen LogP contribution in [0.3, 0.4) is 0 Å². The second-order valence-corrected chi connectivity index (χ2v) is 8.54. The lowest BCUT2D eigenvalue weighted by Crippen LogP contribution is -2.44. The van der Waals surface area contributed by atoms with Gasteiger partial charge in [-0.15, -0.1) is 13.2 Å². The molecule has 0 bridgehead atoms. The van der Waals surface area contributed by atoms with E-state index in [0.29, 0.717) is 23.3 Å². The standard InChI is InChI=1S/C26H21ClF3NO5/c27-21-14-20-19(25(33)34)11-13-35-22(20)15-23(21)36-18-8-6-17(7-9-18)24(32)31(26(28,29)30)12-10-16-4-2-1-3-5-16/h1-9,14-15,19H,10-13H2,(H,33,34). The van der Waals surface area contributed by atoms with Crippen molar-refractivity contribution in [1.29, 1.82) is 0 Å². The predicted molar refractivity (Wildman–Crippen MR) is 126 cm³/mol. The minimum absolute atomic E-state index is 0.0505. The van der Waals surface area contributed by atoms with Gasteiger partial charge in [0.15, 0.2) is 0 Å². The highest BCUT2D eigenvalue weighted by atomic mass is 35.5. The number of carboxylic acids is 1. The molecule has 10 heteroatoms. The Labute approximate surface area is 209 Å². The first-order chi connectivity index (χ1) is 17.1. The van der Waals surface area contributed by atoms with Gasteiger partial charge in [0.25, 0.3) is 5.91 Å². The zero-order valence-corrected chi connectivity index (χ0v) is 19.6. The lowest BCUT2D eigenvalue weighted by atomic mass is 9.93. The third-order valence-corrected chi connectivity index (χ3v) is 6.04. The van der Waals surface area contributed by atoms with Crippen LogP contribution >= 0.6 is 11.6 Å². The molecule has 36 heavy (non-hydrogen) atoms. The molecule has 3 aromatic carbocycles. The van der Waals surface area contributed by atoms with Gasteiger partial charge in [0, 0.05) is 23.7 Å². The summed E-state index contributed by atoms with van der Waals surface area (Å²) < 4.78 is 52.1. The van der Waals surface area contributed by atoms with Crippen LogP contribution in [0.25, 0.3) is 0 Å². The predicted octanol–water partition coefficient (Wildman–Crippen LogP) is 6.29. The molecule has 0 fully saturated rings. The van der Waals surface area contributed by atoms with E-state index in [4.69, 9.17) is 21.1 Å². The Kier molecular flexibility index (Phi) is 7.40. The summed E-state index contributed by atoms with van der Waals surface area (Å²) in [5.41, 5.74) is 0.968. The van der Waals surface area contributed by atoms with Crippen LogP contribution in [0.2, 0.25) is 5.02 Å². The van der Waals surface area contributed by atoms with Gasteiger partial charge in [0.2, 0.25) is 0 Å². The molecule has 1 aliphatic rings. The minimum Gasteiger partial charge on any atom is -0.493 e. The van der Waals surface area contributed by atoms with E-state index in [1.165, 1.54) is 36.4 Å². The number of aliphatic carboxylic acids is 1. The van der Waals surface area contributed by atoms with Crippen molar-refractivity contribution < 1.29 is 37.3 Å². The maximum Gasteiger partial charge on any atom is 0.487 e. The number of ether oxygens (including phenoxy) is 2. The zero-order valence-electron chi connectivity index (χ0n) is 18.8. The Hall–Kier alpha value is -3.72. The largest absolute Gasteiger partial charge is 0.493 e. The van der Waals surface area contributed by atoms with Gasteiger partial charge in [-0.3, -0.25) is 9.59 Å². The van der Waals surface area contributed by atoms with Gasteiger partial charge in [-0.1, -0.05) is 41.9 Å². The fourth-order valence-corrected chi connectivity index (χ4v) is 4.11. The van der Waals surface area contributed by atoms with Crippen LogP contribution in [-0.4, -0.2) is 41.3 Å². The Morgan fingerprint density at radius 1 is 1.08 bits per heavy atom. The summed E-state index contributed by atoms with van der Waals surface area (Å²) in [5, 5.41) is 9.55. The normalized spacial score (nSPS) is 14.9. The molecule has 0 saturated carbocycles. The SMILES string of the molecule is O=C(O)C1CCOc2cc(Oc3ccc(C(=O)N(CCc4ccccc4)C(F)(F)F)cc3)c(Cl)cc21. The molecular weight excluding hydrogens is 499 g/mol. The fourth-order valence-electron chi connectivity index (χ4n) is 3.90. The van der Waals surface area contributed by atoms with E-state index >= 15 is 0 Å². The Morgan fingerprint density at radius 3 is 2.42 bits per heavy atom. The number of carbonyl (C=O) groups excluding carboxylic acids is 1. The van der Waals surface area contributed by atoms with Crippen LogP contribution in [0.1, 0.15) is 33.8 Å². The number of hydrogen-bond donors (Lipinski definition) is 1. The molecular formula is C26H21ClF3NO5. The number of benzene rings is 3. The Balaban J connectivity index is 1.49. The number of halogens is 4. The van der Waals surface area contributed by atoms with Gasteiger partial charge in [-0.2, -0.15) is 0 Å². The molecule has 1 heterocycles. The molecule has 6 nitrogen and oxygen atoms in total. The van der Waals surface area contributed by atoms with Crippen molar-refractivity contribution >= 4 is 23.5 Å². The van der Waals surface area contributed by atoms with Crippen LogP contribution in [0.4, 0.5) is 13.2 Å². The van der Waals surface area contributed by atoms with Crippen molar-refractivity contribution in [1.82, 2.24) is 4.90 Å². The molecule has 1 unspecified atom stereocenters. The number of fused-ring (bicyclic) bond motifs is 1. The topological polar surface area (TPSA) is 76.1 Å². The number of alkyl halides is 3. The summed E-state index contributed by atoms with van der Waals surface area (Å²) in [6, 6.07) is 16.7. The summed E-state index contributed by atoms with van der Waals surface area (Å²) in [4.78, 5) is 24.0. The van der Waals surface area contributed by atoms with E-state index in [9.17, 15) is 27.9 Å². The third kappa shape index (κ3) is 5.73. The fraction of sp³-hybridized carbons (Fsp3) is 0.231. The van der Waals surface area contributed by atoms with Crippen molar-refractivity contribution in [2.45, 2.75) is 25.1 Å². The molecule has 188 valence electrons. The number of amides is 1. The number of carbonyl (C=O) groups is 2. The molecule has 0 aliphatic carbocycles. The van der Waals surface area contributed by atoms with Gasteiger partial charge in [0.1, 0.15) is 17.2 Å². The first kappa shape index (κ1) is 25.4. The van der Waals surface area contributed by atoms with E-state index in [1.54, 1.807) is 30.3 Å².